The van der Waals surface area contributed by atoms with Crippen molar-refractivity contribution in [3.05, 3.63) is 89.7 Å². The Labute approximate surface area is 154 Å². The van der Waals surface area contributed by atoms with Gasteiger partial charge in [0.05, 0.1) is 17.4 Å². The Morgan fingerprint density at radius 3 is 2.15 bits per heavy atom. The third-order valence-corrected chi connectivity index (χ3v) is 3.81. The molecule has 7 heteroatoms. The van der Waals surface area contributed by atoms with Crippen molar-refractivity contribution in [3.8, 4) is 0 Å². The van der Waals surface area contributed by atoms with E-state index in [0.717, 1.165) is 23.4 Å². The van der Waals surface area contributed by atoms with Crippen molar-refractivity contribution in [1.29, 1.82) is 0 Å². The number of hydrogen-bond donors (Lipinski definition) is 2. The van der Waals surface area contributed by atoms with E-state index in [2.05, 4.69) is 15.6 Å². The number of carbonyl (C=O) groups excluding carboxylic acids is 1. The van der Waals surface area contributed by atoms with Gasteiger partial charge < -0.3 is 10.6 Å². The highest BCUT2D eigenvalue weighted by molar-refractivity contribution is 6.02. The molecule has 138 valence electrons. The molecule has 3 rings (SSSR count). The summed E-state index contributed by atoms with van der Waals surface area (Å²) >= 11 is 0. The Morgan fingerprint density at radius 1 is 0.889 bits per heavy atom. The number of nitrogens with zero attached hydrogens (tertiary/aromatic N) is 1. The number of anilines is 2. The maximum Gasteiger partial charge on any atom is 0.416 e. The average molecular weight is 371 g/mol. The maximum absolute atomic E-state index is 12.6. The van der Waals surface area contributed by atoms with Gasteiger partial charge in [0.25, 0.3) is 5.91 Å². The Hall–Kier alpha value is -3.35. The molecule has 0 fully saturated rings. The molecule has 27 heavy (non-hydrogen) atoms. The fourth-order valence-electron chi connectivity index (χ4n) is 2.37. The van der Waals surface area contributed by atoms with Crippen molar-refractivity contribution in [3.63, 3.8) is 0 Å². The van der Waals surface area contributed by atoms with Crippen molar-refractivity contribution in [2.45, 2.75) is 12.7 Å². The fraction of sp³-hybridized carbons (Fsp3) is 0.100. The number of pyridine rings is 1. The number of nitrogens with one attached hydrogen (secondary N) is 2. The average Bonchev–Trinajstić information content (AvgIpc) is 2.67. The molecule has 0 unspecified atom stereocenters. The van der Waals surface area contributed by atoms with Crippen LogP contribution in [0.2, 0.25) is 0 Å². The number of hydrogen-bond acceptors (Lipinski definition) is 3. The van der Waals surface area contributed by atoms with Gasteiger partial charge in [0.15, 0.2) is 0 Å². The van der Waals surface area contributed by atoms with Crippen LogP contribution in [0.3, 0.4) is 0 Å². The normalized spacial score (nSPS) is 11.1. The van der Waals surface area contributed by atoms with Gasteiger partial charge in [-0.25, -0.2) is 4.98 Å². The first-order valence-electron chi connectivity index (χ1n) is 8.14. The maximum atomic E-state index is 12.6. The summed E-state index contributed by atoms with van der Waals surface area (Å²) in [4.78, 5) is 16.3. The summed E-state index contributed by atoms with van der Waals surface area (Å²) in [6.45, 7) is 0.625. The zero-order chi connectivity index (χ0) is 19.3. The highest BCUT2D eigenvalue weighted by Gasteiger charge is 2.30. The minimum atomic E-state index is -4.41. The van der Waals surface area contributed by atoms with E-state index in [1.807, 2.05) is 30.3 Å². The smallest absolute Gasteiger partial charge is 0.380 e. The molecule has 0 aliphatic carbocycles. The first kappa shape index (κ1) is 18.4. The van der Waals surface area contributed by atoms with Crippen LogP contribution in [0.15, 0.2) is 72.9 Å². The first-order valence-corrected chi connectivity index (χ1v) is 8.14. The molecular weight excluding hydrogens is 355 g/mol. The molecule has 0 bridgehead atoms. The summed E-state index contributed by atoms with van der Waals surface area (Å²) in [6.07, 6.45) is -2.88. The van der Waals surface area contributed by atoms with Crippen LogP contribution in [0.4, 0.5) is 24.5 Å². The Balaban J connectivity index is 1.58. The minimum Gasteiger partial charge on any atom is -0.380 e. The molecular formula is C20H16F3N3O. The van der Waals surface area contributed by atoms with E-state index in [0.29, 0.717) is 6.54 Å². The number of halogens is 3. The van der Waals surface area contributed by atoms with E-state index in [1.165, 1.54) is 18.3 Å². The largest absolute Gasteiger partial charge is 0.416 e. The molecule has 0 aliphatic heterocycles. The van der Waals surface area contributed by atoms with Crippen molar-refractivity contribution in [1.82, 2.24) is 4.98 Å². The number of rotatable bonds is 5. The molecule has 1 heterocycles. The molecule has 0 spiro atoms. The van der Waals surface area contributed by atoms with Crippen LogP contribution in [0.25, 0.3) is 0 Å². The molecule has 1 aromatic heterocycles. The van der Waals surface area contributed by atoms with Crippen molar-refractivity contribution in [2.24, 2.45) is 0 Å². The van der Waals surface area contributed by atoms with E-state index in [4.69, 9.17) is 0 Å². The SMILES string of the molecule is O=C(Nc1ccc(C(F)(F)F)cc1)c1ccc(NCc2ccccc2)cn1. The molecule has 2 aromatic carbocycles. The lowest BCUT2D eigenvalue weighted by Crippen LogP contribution is -2.14. The van der Waals surface area contributed by atoms with Crippen LogP contribution in [0, 0.1) is 0 Å². The monoisotopic (exact) mass is 371 g/mol. The highest BCUT2D eigenvalue weighted by atomic mass is 19.4. The molecule has 0 aliphatic rings. The lowest BCUT2D eigenvalue weighted by molar-refractivity contribution is -0.137. The number of alkyl halides is 3. The number of aromatic nitrogens is 1. The molecule has 1 amide bonds. The highest BCUT2D eigenvalue weighted by Crippen LogP contribution is 2.29. The van der Waals surface area contributed by atoms with Gasteiger partial charge >= 0.3 is 6.18 Å². The summed E-state index contributed by atoms with van der Waals surface area (Å²) in [6, 6.07) is 17.3. The topological polar surface area (TPSA) is 54.0 Å². The lowest BCUT2D eigenvalue weighted by Gasteiger charge is -2.09. The minimum absolute atomic E-state index is 0.167. The van der Waals surface area contributed by atoms with E-state index < -0.39 is 17.6 Å². The van der Waals surface area contributed by atoms with Gasteiger partial charge in [0, 0.05) is 12.2 Å². The van der Waals surface area contributed by atoms with Crippen LogP contribution in [-0.4, -0.2) is 10.9 Å². The van der Waals surface area contributed by atoms with Gasteiger partial charge in [-0.1, -0.05) is 30.3 Å². The standard InChI is InChI=1S/C20H16F3N3O/c21-20(22,23)15-6-8-16(9-7-15)26-19(27)18-11-10-17(13-25-18)24-12-14-4-2-1-3-5-14/h1-11,13,24H,12H2,(H,26,27). The first-order chi connectivity index (χ1) is 12.9. The van der Waals surface area contributed by atoms with Crippen molar-refractivity contribution < 1.29 is 18.0 Å². The van der Waals surface area contributed by atoms with Crippen LogP contribution in [0.5, 0.6) is 0 Å². The summed E-state index contributed by atoms with van der Waals surface area (Å²) in [5, 5.41) is 5.72. The molecule has 4 nitrogen and oxygen atoms in total. The summed E-state index contributed by atoms with van der Waals surface area (Å²) < 4.78 is 37.7. The van der Waals surface area contributed by atoms with Gasteiger partial charge in [-0.05, 0) is 42.0 Å². The number of amides is 1. The van der Waals surface area contributed by atoms with Gasteiger partial charge in [-0.3, -0.25) is 4.79 Å². The van der Waals surface area contributed by atoms with Gasteiger partial charge in [-0.15, -0.1) is 0 Å². The molecule has 0 radical (unpaired) electrons. The summed E-state index contributed by atoms with van der Waals surface area (Å²) in [5.74, 6) is -0.496. The second-order valence-corrected chi connectivity index (χ2v) is 5.80. The predicted octanol–water partition coefficient (Wildman–Crippen LogP) is 4.96. The lowest BCUT2D eigenvalue weighted by atomic mass is 10.2. The van der Waals surface area contributed by atoms with Gasteiger partial charge in [0.2, 0.25) is 0 Å². The van der Waals surface area contributed by atoms with Gasteiger partial charge in [0.1, 0.15) is 5.69 Å². The van der Waals surface area contributed by atoms with Crippen molar-refractivity contribution in [2.75, 3.05) is 10.6 Å². The zero-order valence-corrected chi connectivity index (χ0v) is 14.1. The molecule has 3 aromatic rings. The van der Waals surface area contributed by atoms with E-state index in [-0.39, 0.29) is 11.4 Å². The van der Waals surface area contributed by atoms with Crippen molar-refractivity contribution >= 4 is 17.3 Å². The zero-order valence-electron chi connectivity index (χ0n) is 14.1. The number of carbonyl (C=O) groups is 1. The Morgan fingerprint density at radius 2 is 1.56 bits per heavy atom. The predicted molar refractivity (Wildman–Crippen MR) is 97.4 cm³/mol. The quantitative estimate of drug-likeness (QED) is 0.666. The van der Waals surface area contributed by atoms with Crippen LogP contribution < -0.4 is 10.6 Å². The molecule has 2 N–H and O–H groups in total. The molecule has 0 saturated heterocycles. The second-order valence-electron chi connectivity index (χ2n) is 5.80. The molecule has 0 saturated carbocycles. The van der Waals surface area contributed by atoms with E-state index in [1.54, 1.807) is 12.1 Å². The third-order valence-electron chi connectivity index (χ3n) is 3.81. The van der Waals surface area contributed by atoms with E-state index in [9.17, 15) is 18.0 Å². The van der Waals surface area contributed by atoms with E-state index >= 15 is 0 Å². The van der Waals surface area contributed by atoms with Crippen LogP contribution >= 0.6 is 0 Å². The van der Waals surface area contributed by atoms with Gasteiger partial charge in [-0.2, -0.15) is 13.2 Å². The Bertz CT molecular complexity index is 893. The summed E-state index contributed by atoms with van der Waals surface area (Å²) in [7, 11) is 0. The fourth-order valence-corrected chi connectivity index (χ4v) is 2.37. The summed E-state index contributed by atoms with van der Waals surface area (Å²) in [5.41, 5.74) is 1.53. The molecule has 0 atom stereocenters. The van der Waals surface area contributed by atoms with Crippen LogP contribution in [-0.2, 0) is 12.7 Å². The Kier molecular flexibility index (Phi) is 5.40. The third kappa shape index (κ3) is 5.07. The van der Waals surface area contributed by atoms with Crippen LogP contribution in [0.1, 0.15) is 21.6 Å². The second kappa shape index (κ2) is 7.90. The number of benzene rings is 2.